The highest BCUT2D eigenvalue weighted by molar-refractivity contribution is 7.87. The van der Waals surface area contributed by atoms with Crippen LogP contribution in [0.25, 0.3) is 0 Å². The number of benzene rings is 2. The van der Waals surface area contributed by atoms with Gasteiger partial charge >= 0.3 is 15.8 Å². The van der Waals surface area contributed by atoms with E-state index in [1.54, 1.807) is 0 Å². The third kappa shape index (κ3) is 3.31. The summed E-state index contributed by atoms with van der Waals surface area (Å²) >= 11 is 0. The highest BCUT2D eigenvalue weighted by Crippen LogP contribution is 2.30. The molecule has 0 saturated heterocycles. The van der Waals surface area contributed by atoms with Gasteiger partial charge in [-0.05, 0) is 30.3 Å². The molecule has 6 nitrogen and oxygen atoms in total. The van der Waals surface area contributed by atoms with E-state index in [0.29, 0.717) is 6.07 Å². The van der Waals surface area contributed by atoms with Crippen molar-refractivity contribution < 1.29 is 26.3 Å². The van der Waals surface area contributed by atoms with E-state index >= 15 is 0 Å². The van der Waals surface area contributed by atoms with E-state index in [1.807, 2.05) is 0 Å². The van der Waals surface area contributed by atoms with E-state index in [0.717, 1.165) is 36.4 Å². The Labute approximate surface area is 117 Å². The quantitative estimate of drug-likeness (QED) is 0.492. The SMILES string of the molecule is O=[N+]([O-])c1ccc(F)cc1OS(=O)(=O)c1ccc(F)cc1. The van der Waals surface area contributed by atoms with E-state index in [-0.39, 0.29) is 0 Å². The van der Waals surface area contributed by atoms with E-state index in [4.69, 9.17) is 0 Å². The third-order valence-corrected chi connectivity index (χ3v) is 3.67. The monoisotopic (exact) mass is 315 g/mol. The van der Waals surface area contributed by atoms with Crippen molar-refractivity contribution in [2.24, 2.45) is 0 Å². The minimum absolute atomic E-state index is 0.414. The van der Waals surface area contributed by atoms with Crippen molar-refractivity contribution in [3.8, 4) is 5.75 Å². The summed E-state index contributed by atoms with van der Waals surface area (Å²) in [5, 5.41) is 10.8. The van der Waals surface area contributed by atoms with Gasteiger partial charge in [0.1, 0.15) is 16.5 Å². The van der Waals surface area contributed by atoms with Gasteiger partial charge in [0.05, 0.1) is 4.92 Å². The zero-order valence-electron chi connectivity index (χ0n) is 10.2. The Kier molecular flexibility index (Phi) is 3.85. The molecule has 2 rings (SSSR count). The summed E-state index contributed by atoms with van der Waals surface area (Å²) in [5.74, 6) is -2.32. The Morgan fingerprint density at radius 3 is 2.14 bits per heavy atom. The molecule has 2 aromatic carbocycles. The Balaban J connectivity index is 2.43. The van der Waals surface area contributed by atoms with Gasteiger partial charge < -0.3 is 4.18 Å². The Morgan fingerprint density at radius 1 is 1.00 bits per heavy atom. The molecular weight excluding hydrogens is 308 g/mol. The maximum Gasteiger partial charge on any atom is 0.339 e. The lowest BCUT2D eigenvalue weighted by Gasteiger charge is -2.07. The number of nitro groups is 1. The topological polar surface area (TPSA) is 86.5 Å². The van der Waals surface area contributed by atoms with Crippen LogP contribution in [0.3, 0.4) is 0 Å². The van der Waals surface area contributed by atoms with Crippen molar-refractivity contribution in [1.29, 1.82) is 0 Å². The van der Waals surface area contributed by atoms with Crippen LogP contribution in [0.1, 0.15) is 0 Å². The fourth-order valence-corrected chi connectivity index (χ4v) is 2.41. The first-order valence-corrected chi connectivity index (χ1v) is 6.84. The summed E-state index contributed by atoms with van der Waals surface area (Å²) in [5.41, 5.74) is -0.706. The molecule has 9 heteroatoms. The minimum Gasteiger partial charge on any atom is -0.371 e. The summed E-state index contributed by atoms with van der Waals surface area (Å²) < 4.78 is 54.2. The lowest BCUT2D eigenvalue weighted by atomic mass is 10.3. The van der Waals surface area contributed by atoms with E-state index < -0.39 is 43.0 Å². The summed E-state index contributed by atoms with van der Waals surface area (Å²) in [4.78, 5) is 9.44. The third-order valence-electron chi connectivity index (χ3n) is 2.42. The summed E-state index contributed by atoms with van der Waals surface area (Å²) in [6.45, 7) is 0. The second-order valence-corrected chi connectivity index (χ2v) is 5.41. The molecule has 0 unspecified atom stereocenters. The second-order valence-electron chi connectivity index (χ2n) is 3.86. The summed E-state index contributed by atoms with van der Waals surface area (Å²) in [6, 6.07) is 5.79. The van der Waals surface area contributed by atoms with Gasteiger partial charge in [0, 0.05) is 12.1 Å². The normalized spacial score (nSPS) is 11.1. The maximum atomic E-state index is 13.1. The van der Waals surface area contributed by atoms with Crippen LogP contribution >= 0.6 is 0 Å². The Bertz CT molecular complexity index is 790. The summed E-state index contributed by atoms with van der Waals surface area (Å²) in [6.07, 6.45) is 0. The molecule has 0 saturated carbocycles. The first kappa shape index (κ1) is 14.9. The number of rotatable bonds is 4. The molecule has 0 aliphatic heterocycles. The fourth-order valence-electron chi connectivity index (χ4n) is 1.47. The smallest absolute Gasteiger partial charge is 0.339 e. The molecule has 2 aromatic rings. The largest absolute Gasteiger partial charge is 0.371 e. The van der Waals surface area contributed by atoms with Crippen LogP contribution in [0, 0.1) is 21.7 Å². The molecule has 110 valence electrons. The van der Waals surface area contributed by atoms with Gasteiger partial charge in [-0.2, -0.15) is 8.42 Å². The molecular formula is C12H7F2NO5S. The summed E-state index contributed by atoms with van der Waals surface area (Å²) in [7, 11) is -4.44. The van der Waals surface area contributed by atoms with Crippen LogP contribution < -0.4 is 4.18 Å². The maximum absolute atomic E-state index is 13.1. The van der Waals surface area contributed by atoms with Gasteiger partial charge in [0.25, 0.3) is 0 Å². The number of hydrogen-bond donors (Lipinski definition) is 0. The molecule has 0 aliphatic carbocycles. The average molecular weight is 315 g/mol. The zero-order valence-corrected chi connectivity index (χ0v) is 11.0. The standard InChI is InChI=1S/C12H7F2NO5S/c13-8-1-4-10(5-2-8)21(18,19)20-12-7-9(14)3-6-11(12)15(16)17/h1-7H. The second kappa shape index (κ2) is 5.44. The molecule has 0 N–H and O–H groups in total. The minimum atomic E-state index is -4.44. The molecule has 0 aromatic heterocycles. The van der Waals surface area contributed by atoms with Crippen molar-refractivity contribution in [3.63, 3.8) is 0 Å². The van der Waals surface area contributed by atoms with E-state index in [2.05, 4.69) is 4.18 Å². The van der Waals surface area contributed by atoms with E-state index in [1.165, 1.54) is 0 Å². The van der Waals surface area contributed by atoms with Crippen molar-refractivity contribution in [1.82, 2.24) is 0 Å². The molecule has 0 aliphatic rings. The van der Waals surface area contributed by atoms with Gasteiger partial charge in [-0.15, -0.1) is 0 Å². The van der Waals surface area contributed by atoms with Gasteiger partial charge in [0.2, 0.25) is 5.75 Å². The van der Waals surface area contributed by atoms with Crippen LogP contribution in [0.5, 0.6) is 5.75 Å². The lowest BCUT2D eigenvalue weighted by molar-refractivity contribution is -0.385. The van der Waals surface area contributed by atoms with Crippen LogP contribution in [-0.2, 0) is 10.1 Å². The van der Waals surface area contributed by atoms with Crippen LogP contribution in [0.2, 0.25) is 0 Å². The lowest BCUT2D eigenvalue weighted by Crippen LogP contribution is -2.11. The first-order valence-electron chi connectivity index (χ1n) is 5.43. The Morgan fingerprint density at radius 2 is 1.57 bits per heavy atom. The number of nitro benzene ring substituents is 1. The fraction of sp³-hybridized carbons (Fsp3) is 0. The van der Waals surface area contributed by atoms with Gasteiger partial charge in [-0.1, -0.05) is 0 Å². The van der Waals surface area contributed by atoms with Crippen molar-refractivity contribution in [2.75, 3.05) is 0 Å². The molecule has 0 radical (unpaired) electrons. The number of nitrogens with zero attached hydrogens (tertiary/aromatic N) is 1. The van der Waals surface area contributed by atoms with Crippen LogP contribution in [0.15, 0.2) is 47.4 Å². The molecule has 0 atom stereocenters. The van der Waals surface area contributed by atoms with Gasteiger partial charge in [-0.3, -0.25) is 10.1 Å². The van der Waals surface area contributed by atoms with Crippen molar-refractivity contribution in [3.05, 3.63) is 64.2 Å². The predicted molar refractivity (Wildman–Crippen MR) is 67.3 cm³/mol. The molecule has 0 fully saturated rings. The van der Waals surface area contributed by atoms with Crippen LogP contribution in [-0.4, -0.2) is 13.3 Å². The number of halogens is 2. The molecule has 21 heavy (non-hydrogen) atoms. The van der Waals surface area contributed by atoms with Gasteiger partial charge in [0.15, 0.2) is 0 Å². The highest BCUT2D eigenvalue weighted by atomic mass is 32.2. The van der Waals surface area contributed by atoms with E-state index in [9.17, 15) is 27.3 Å². The average Bonchev–Trinajstić information content (AvgIpc) is 2.38. The highest BCUT2D eigenvalue weighted by Gasteiger charge is 2.24. The number of hydrogen-bond acceptors (Lipinski definition) is 5. The van der Waals surface area contributed by atoms with Gasteiger partial charge in [-0.25, -0.2) is 8.78 Å². The molecule has 0 bridgehead atoms. The zero-order chi connectivity index (χ0) is 15.6. The van der Waals surface area contributed by atoms with Crippen molar-refractivity contribution in [2.45, 2.75) is 4.90 Å². The first-order chi connectivity index (χ1) is 9.79. The van der Waals surface area contributed by atoms with Crippen molar-refractivity contribution >= 4 is 15.8 Å². The molecule has 0 heterocycles. The molecule has 0 amide bonds. The Hall–Kier alpha value is -2.55. The van der Waals surface area contributed by atoms with Crippen LogP contribution in [0.4, 0.5) is 14.5 Å². The predicted octanol–water partition coefficient (Wildman–Crippen LogP) is 2.64. The molecule has 0 spiro atoms.